The van der Waals surface area contributed by atoms with Crippen LogP contribution >= 0.6 is 23.2 Å². The number of ether oxygens (including phenoxy) is 2. The average Bonchev–Trinajstić information content (AvgIpc) is 3.30. The Labute approximate surface area is 223 Å². The number of carboxylic acids is 1. The molecule has 7 nitrogen and oxygen atoms in total. The van der Waals surface area contributed by atoms with E-state index in [0.29, 0.717) is 29.1 Å². The van der Waals surface area contributed by atoms with Gasteiger partial charge in [-0.25, -0.2) is 9.78 Å². The molecule has 6 rings (SSSR count). The van der Waals surface area contributed by atoms with Crippen molar-refractivity contribution in [3.8, 4) is 11.5 Å². The molecule has 0 unspecified atom stereocenters. The Morgan fingerprint density at radius 3 is 2.70 bits per heavy atom. The second-order valence-corrected chi connectivity index (χ2v) is 10.4. The van der Waals surface area contributed by atoms with Gasteiger partial charge >= 0.3 is 5.97 Å². The number of nitrogens with zero attached hydrogens (tertiary/aromatic N) is 2. The van der Waals surface area contributed by atoms with Crippen molar-refractivity contribution in [2.75, 3.05) is 19.7 Å². The zero-order valence-corrected chi connectivity index (χ0v) is 21.4. The molecular weight excluding hydrogens is 513 g/mol. The van der Waals surface area contributed by atoms with Crippen molar-refractivity contribution in [1.29, 1.82) is 0 Å². The first-order chi connectivity index (χ1) is 17.9. The van der Waals surface area contributed by atoms with Gasteiger partial charge in [0.15, 0.2) is 17.6 Å². The molecule has 0 spiro atoms. The summed E-state index contributed by atoms with van der Waals surface area (Å²) in [5.41, 5.74) is 3.80. The second-order valence-electron chi connectivity index (χ2n) is 9.53. The molecule has 4 aromatic rings. The van der Waals surface area contributed by atoms with E-state index in [2.05, 4.69) is 20.9 Å². The number of hydrogen-bond acceptors (Lipinski definition) is 5. The van der Waals surface area contributed by atoms with Crippen LogP contribution in [0, 0.1) is 0 Å². The Hall–Kier alpha value is -3.26. The number of aromatic amines is 1. The minimum absolute atomic E-state index is 0.251. The number of fused-ring (bicyclic) bond motifs is 2. The number of carbonyl (C=O) groups is 1. The van der Waals surface area contributed by atoms with E-state index in [1.807, 2.05) is 24.3 Å². The Morgan fingerprint density at radius 1 is 1.08 bits per heavy atom. The van der Waals surface area contributed by atoms with Crippen LogP contribution in [0.1, 0.15) is 52.2 Å². The lowest BCUT2D eigenvalue weighted by Gasteiger charge is -2.34. The number of rotatable bonds is 5. The van der Waals surface area contributed by atoms with Crippen molar-refractivity contribution in [2.45, 2.75) is 31.4 Å². The first-order valence-corrected chi connectivity index (χ1v) is 13.0. The summed E-state index contributed by atoms with van der Waals surface area (Å²) in [6.45, 7) is 2.91. The number of aromatic carboxylic acids is 1. The third-order valence-corrected chi connectivity index (χ3v) is 7.71. The molecule has 3 aromatic carbocycles. The first kappa shape index (κ1) is 24.1. The largest absolute Gasteiger partial charge is 0.485 e. The highest BCUT2D eigenvalue weighted by Gasteiger charge is 2.30. The van der Waals surface area contributed by atoms with Crippen LogP contribution in [0.15, 0.2) is 54.6 Å². The topological polar surface area (TPSA) is 87.7 Å². The van der Waals surface area contributed by atoms with Gasteiger partial charge in [-0.1, -0.05) is 41.4 Å². The molecule has 2 aliphatic heterocycles. The van der Waals surface area contributed by atoms with Crippen LogP contribution in [0.3, 0.4) is 0 Å². The fourth-order valence-corrected chi connectivity index (χ4v) is 5.77. The van der Waals surface area contributed by atoms with E-state index in [9.17, 15) is 9.90 Å². The SMILES string of the molecule is O=C(O)c1ccc2nc(CN3CCC(c4cccc5c4O[C@@H](c4ccc(Cl)cc4Cl)CO5)CC3)[nH]c2c1. The molecule has 1 atom stereocenters. The van der Waals surface area contributed by atoms with Gasteiger partial charge in [0.25, 0.3) is 0 Å². The lowest BCUT2D eigenvalue weighted by Crippen LogP contribution is -2.33. The Bertz CT molecular complexity index is 1480. The van der Waals surface area contributed by atoms with Crippen molar-refractivity contribution in [3.63, 3.8) is 0 Å². The highest BCUT2D eigenvalue weighted by Crippen LogP contribution is 2.45. The van der Waals surface area contributed by atoms with E-state index in [0.717, 1.165) is 65.4 Å². The smallest absolute Gasteiger partial charge is 0.335 e. The summed E-state index contributed by atoms with van der Waals surface area (Å²) < 4.78 is 12.6. The predicted octanol–water partition coefficient (Wildman–Crippen LogP) is 6.46. The fraction of sp³-hybridized carbons (Fsp3) is 0.286. The van der Waals surface area contributed by atoms with E-state index < -0.39 is 5.97 Å². The standard InChI is InChI=1S/C28H25Cl2N3O4/c29-18-5-6-20(21(30)13-18)25-15-36-24-3-1-2-19(27(24)37-25)16-8-10-33(11-9-16)14-26-31-22-7-4-17(28(34)35)12-23(22)32-26/h1-7,12-13,16,25H,8-11,14-15H2,(H,31,32)(H,34,35)/t25-/m1/s1. The summed E-state index contributed by atoms with van der Waals surface area (Å²) in [6, 6.07) is 16.5. The molecule has 2 aliphatic rings. The molecule has 1 fully saturated rings. The average molecular weight is 538 g/mol. The normalized spacial score (nSPS) is 18.3. The monoisotopic (exact) mass is 537 g/mol. The highest BCUT2D eigenvalue weighted by molar-refractivity contribution is 6.35. The molecule has 0 saturated carbocycles. The lowest BCUT2D eigenvalue weighted by molar-refractivity contribution is 0.0697. The Balaban J connectivity index is 1.14. The number of piperidine rings is 1. The number of H-pyrrole nitrogens is 1. The van der Waals surface area contributed by atoms with Crippen LogP contribution in [0.2, 0.25) is 10.0 Å². The second kappa shape index (κ2) is 9.89. The number of halogens is 2. The quantitative estimate of drug-likeness (QED) is 0.303. The van der Waals surface area contributed by atoms with Gasteiger partial charge in [-0.05, 0) is 68.2 Å². The van der Waals surface area contributed by atoms with E-state index in [1.54, 1.807) is 24.3 Å². The number of aromatic nitrogens is 2. The lowest BCUT2D eigenvalue weighted by atomic mass is 9.88. The van der Waals surface area contributed by atoms with Crippen molar-refractivity contribution >= 4 is 40.2 Å². The molecule has 9 heteroatoms. The van der Waals surface area contributed by atoms with Crippen molar-refractivity contribution in [2.24, 2.45) is 0 Å². The third kappa shape index (κ3) is 4.87. The molecule has 2 N–H and O–H groups in total. The molecule has 3 heterocycles. The van der Waals surface area contributed by atoms with Crippen LogP contribution in [0.25, 0.3) is 11.0 Å². The summed E-state index contributed by atoms with van der Waals surface area (Å²) >= 11 is 12.5. The number of carboxylic acid groups (broad SMARTS) is 1. The molecule has 0 radical (unpaired) electrons. The molecule has 1 saturated heterocycles. The van der Waals surface area contributed by atoms with Crippen molar-refractivity contribution in [3.05, 3.63) is 87.2 Å². The number of para-hydroxylation sites is 1. The summed E-state index contributed by atoms with van der Waals surface area (Å²) in [5.74, 6) is 1.81. The molecule has 1 aromatic heterocycles. The minimum atomic E-state index is -0.944. The van der Waals surface area contributed by atoms with Crippen molar-refractivity contribution < 1.29 is 19.4 Å². The Kier molecular flexibility index (Phi) is 6.44. The van der Waals surface area contributed by atoms with Crippen LogP contribution in [-0.4, -0.2) is 45.6 Å². The molecule has 37 heavy (non-hydrogen) atoms. The van der Waals surface area contributed by atoms with Gasteiger partial charge in [0.1, 0.15) is 12.4 Å². The maximum atomic E-state index is 11.3. The maximum absolute atomic E-state index is 11.3. The van der Waals surface area contributed by atoms with E-state index in [4.69, 9.17) is 32.7 Å². The highest BCUT2D eigenvalue weighted by atomic mass is 35.5. The number of benzene rings is 3. The van der Waals surface area contributed by atoms with E-state index in [-0.39, 0.29) is 11.7 Å². The number of imidazole rings is 1. The zero-order valence-electron chi connectivity index (χ0n) is 19.9. The fourth-order valence-electron chi connectivity index (χ4n) is 5.24. The summed E-state index contributed by atoms with van der Waals surface area (Å²) in [7, 11) is 0. The number of nitrogens with one attached hydrogen (secondary N) is 1. The van der Waals surface area contributed by atoms with Gasteiger partial charge in [-0.3, -0.25) is 4.90 Å². The van der Waals surface area contributed by atoms with Gasteiger partial charge < -0.3 is 19.6 Å². The predicted molar refractivity (Wildman–Crippen MR) is 142 cm³/mol. The van der Waals surface area contributed by atoms with Crippen LogP contribution in [0.5, 0.6) is 11.5 Å². The first-order valence-electron chi connectivity index (χ1n) is 12.3. The van der Waals surface area contributed by atoms with Crippen LogP contribution < -0.4 is 9.47 Å². The summed E-state index contributed by atoms with van der Waals surface area (Å²) in [5, 5.41) is 10.4. The van der Waals surface area contributed by atoms with Crippen LogP contribution in [0.4, 0.5) is 0 Å². The molecule has 0 bridgehead atoms. The van der Waals surface area contributed by atoms with Gasteiger partial charge in [0.2, 0.25) is 0 Å². The summed E-state index contributed by atoms with van der Waals surface area (Å²) in [6.07, 6.45) is 1.67. The molecular formula is C28H25Cl2N3O4. The van der Waals surface area contributed by atoms with E-state index >= 15 is 0 Å². The molecule has 0 aliphatic carbocycles. The van der Waals surface area contributed by atoms with Gasteiger partial charge in [-0.15, -0.1) is 0 Å². The van der Waals surface area contributed by atoms with Crippen molar-refractivity contribution in [1.82, 2.24) is 14.9 Å². The van der Waals surface area contributed by atoms with Gasteiger partial charge in [0.05, 0.1) is 23.1 Å². The van der Waals surface area contributed by atoms with Gasteiger partial charge in [0, 0.05) is 21.2 Å². The minimum Gasteiger partial charge on any atom is -0.485 e. The molecule has 0 amide bonds. The zero-order chi connectivity index (χ0) is 25.5. The van der Waals surface area contributed by atoms with Crippen LogP contribution in [-0.2, 0) is 6.54 Å². The Morgan fingerprint density at radius 2 is 1.92 bits per heavy atom. The van der Waals surface area contributed by atoms with E-state index in [1.165, 1.54) is 0 Å². The van der Waals surface area contributed by atoms with Gasteiger partial charge in [-0.2, -0.15) is 0 Å². The third-order valence-electron chi connectivity index (χ3n) is 7.15. The summed E-state index contributed by atoms with van der Waals surface area (Å²) in [4.78, 5) is 21.5. The number of hydrogen-bond donors (Lipinski definition) is 2. The molecule has 190 valence electrons. The maximum Gasteiger partial charge on any atom is 0.335 e. The number of likely N-dealkylation sites (tertiary alicyclic amines) is 1.